The molecule has 6 heteroatoms. The molecule has 0 N–H and O–H groups in total. The maximum absolute atomic E-state index is 13.1. The second-order valence-corrected chi connectivity index (χ2v) is 6.96. The summed E-state index contributed by atoms with van der Waals surface area (Å²) < 4.78 is 13.1. The molecule has 0 spiro atoms. The number of piperazine rings is 1. The zero-order valence-corrected chi connectivity index (χ0v) is 15.4. The Hall–Kier alpha value is -2.89. The van der Waals surface area contributed by atoms with E-state index in [9.17, 15) is 9.18 Å². The molecule has 0 radical (unpaired) electrons. The van der Waals surface area contributed by atoms with Crippen molar-refractivity contribution in [3.63, 3.8) is 0 Å². The van der Waals surface area contributed by atoms with E-state index in [2.05, 4.69) is 14.8 Å². The highest BCUT2D eigenvalue weighted by Crippen LogP contribution is 2.19. The minimum Gasteiger partial charge on any atom is -0.368 e. The largest absolute Gasteiger partial charge is 0.368 e. The van der Waals surface area contributed by atoms with Crippen molar-refractivity contribution in [1.29, 1.82) is 0 Å². The van der Waals surface area contributed by atoms with Gasteiger partial charge in [0.05, 0.1) is 6.54 Å². The Balaban J connectivity index is 1.42. The maximum atomic E-state index is 13.1. The zero-order valence-electron chi connectivity index (χ0n) is 15.4. The van der Waals surface area contributed by atoms with Gasteiger partial charge in [0.2, 0.25) is 5.96 Å². The fourth-order valence-corrected chi connectivity index (χ4v) is 3.57. The number of benzene rings is 2. The lowest BCUT2D eigenvalue weighted by molar-refractivity contribution is 0.0843. The Kier molecular flexibility index (Phi) is 4.79. The first kappa shape index (κ1) is 17.5. The Morgan fingerprint density at radius 2 is 1.52 bits per heavy atom. The van der Waals surface area contributed by atoms with Gasteiger partial charge in [-0.05, 0) is 43.3 Å². The maximum Gasteiger partial charge on any atom is 0.260 e. The number of carbonyl (C=O) groups excluding carboxylic acids is 1. The lowest BCUT2D eigenvalue weighted by Gasteiger charge is -2.38. The van der Waals surface area contributed by atoms with Crippen LogP contribution in [0.4, 0.5) is 10.1 Å². The molecule has 2 aliphatic heterocycles. The van der Waals surface area contributed by atoms with Gasteiger partial charge in [0.1, 0.15) is 5.82 Å². The number of carbonyl (C=O) groups is 1. The van der Waals surface area contributed by atoms with Gasteiger partial charge in [-0.15, -0.1) is 0 Å². The lowest BCUT2D eigenvalue weighted by atomic mass is 10.1. The third kappa shape index (κ3) is 3.65. The number of anilines is 1. The van der Waals surface area contributed by atoms with E-state index in [-0.39, 0.29) is 11.7 Å². The van der Waals surface area contributed by atoms with Gasteiger partial charge in [-0.25, -0.2) is 4.39 Å². The molecule has 5 nitrogen and oxygen atoms in total. The molecule has 0 aromatic heterocycles. The normalized spacial score (nSPS) is 17.3. The van der Waals surface area contributed by atoms with Crippen LogP contribution in [0.1, 0.15) is 15.9 Å². The van der Waals surface area contributed by atoms with Crippen LogP contribution >= 0.6 is 0 Å². The molecule has 0 saturated carbocycles. The molecule has 0 unspecified atom stereocenters. The molecule has 1 fully saturated rings. The molecule has 0 atom stereocenters. The number of amides is 1. The summed E-state index contributed by atoms with van der Waals surface area (Å²) in [5, 5.41) is 0. The highest BCUT2D eigenvalue weighted by atomic mass is 19.1. The van der Waals surface area contributed by atoms with Crippen LogP contribution < -0.4 is 4.90 Å². The van der Waals surface area contributed by atoms with E-state index in [0.29, 0.717) is 18.7 Å². The molecule has 2 aromatic rings. The van der Waals surface area contributed by atoms with Gasteiger partial charge in [-0.3, -0.25) is 14.7 Å². The van der Waals surface area contributed by atoms with Crippen molar-refractivity contribution in [1.82, 2.24) is 9.80 Å². The quantitative estimate of drug-likeness (QED) is 0.820. The van der Waals surface area contributed by atoms with Crippen LogP contribution in [0.2, 0.25) is 0 Å². The Morgan fingerprint density at radius 1 is 0.889 bits per heavy atom. The molecule has 27 heavy (non-hydrogen) atoms. The van der Waals surface area contributed by atoms with Gasteiger partial charge in [0.15, 0.2) is 0 Å². The molecule has 2 heterocycles. The lowest BCUT2D eigenvalue weighted by Crippen LogP contribution is -2.53. The Bertz CT molecular complexity index is 839. The third-order valence-corrected chi connectivity index (χ3v) is 5.12. The molecule has 2 aromatic carbocycles. The Morgan fingerprint density at radius 3 is 2.19 bits per heavy atom. The number of nitrogens with zero attached hydrogens (tertiary/aromatic N) is 4. The fourth-order valence-electron chi connectivity index (χ4n) is 3.57. The number of guanidine groups is 1. The standard InChI is InChI=1S/C21H23FN4O/c1-16-2-4-17(5-3-16)20(27)26-11-10-23-21(26)25-14-12-24(13-15-25)19-8-6-18(22)7-9-19/h2-9H,10-15H2,1H3. The van der Waals surface area contributed by atoms with Gasteiger partial charge in [0.25, 0.3) is 5.91 Å². The second-order valence-electron chi connectivity index (χ2n) is 6.96. The summed E-state index contributed by atoms with van der Waals surface area (Å²) in [6.45, 7) is 6.49. The van der Waals surface area contributed by atoms with Crippen LogP contribution in [-0.2, 0) is 0 Å². The molecule has 1 saturated heterocycles. The minimum absolute atomic E-state index is 0.00668. The number of rotatable bonds is 2. The van der Waals surface area contributed by atoms with Crippen LogP contribution in [0.5, 0.6) is 0 Å². The van der Waals surface area contributed by atoms with Crippen LogP contribution in [0.15, 0.2) is 53.5 Å². The number of aryl methyl sites for hydroxylation is 1. The van der Waals surface area contributed by atoms with E-state index in [0.717, 1.165) is 43.4 Å². The van der Waals surface area contributed by atoms with Gasteiger partial charge in [0, 0.05) is 44.0 Å². The average molecular weight is 366 g/mol. The zero-order chi connectivity index (χ0) is 18.8. The molecule has 1 amide bonds. The molecular weight excluding hydrogens is 343 g/mol. The minimum atomic E-state index is -0.219. The predicted octanol–water partition coefficient (Wildman–Crippen LogP) is 2.77. The summed E-state index contributed by atoms with van der Waals surface area (Å²) in [6, 6.07) is 14.3. The molecule has 140 valence electrons. The number of hydrogen-bond donors (Lipinski definition) is 0. The van der Waals surface area contributed by atoms with E-state index in [1.165, 1.54) is 12.1 Å². The van der Waals surface area contributed by atoms with Gasteiger partial charge < -0.3 is 9.80 Å². The summed E-state index contributed by atoms with van der Waals surface area (Å²) >= 11 is 0. The van der Waals surface area contributed by atoms with Crippen molar-refractivity contribution >= 4 is 17.6 Å². The molecule has 0 bridgehead atoms. The Labute approximate surface area is 158 Å². The van der Waals surface area contributed by atoms with E-state index in [4.69, 9.17) is 0 Å². The summed E-state index contributed by atoms with van der Waals surface area (Å²) in [7, 11) is 0. The van der Waals surface area contributed by atoms with Crippen LogP contribution in [0.25, 0.3) is 0 Å². The van der Waals surface area contributed by atoms with Crippen molar-refractivity contribution in [3.05, 3.63) is 65.5 Å². The average Bonchev–Trinajstić information content (AvgIpc) is 3.19. The molecule has 2 aliphatic rings. The summed E-state index contributed by atoms with van der Waals surface area (Å²) in [6.07, 6.45) is 0. The van der Waals surface area contributed by atoms with E-state index in [1.54, 1.807) is 4.90 Å². The summed E-state index contributed by atoms with van der Waals surface area (Å²) in [5.41, 5.74) is 2.86. The van der Waals surface area contributed by atoms with Crippen molar-refractivity contribution in [2.75, 3.05) is 44.2 Å². The first-order chi connectivity index (χ1) is 13.1. The SMILES string of the molecule is Cc1ccc(C(=O)N2CCN=C2N2CCN(c3ccc(F)cc3)CC2)cc1. The number of hydrogen-bond acceptors (Lipinski definition) is 4. The molecular formula is C21H23FN4O. The van der Waals surface area contributed by atoms with E-state index in [1.807, 2.05) is 43.3 Å². The van der Waals surface area contributed by atoms with Gasteiger partial charge in [-0.2, -0.15) is 0 Å². The van der Waals surface area contributed by atoms with Gasteiger partial charge >= 0.3 is 0 Å². The monoisotopic (exact) mass is 366 g/mol. The van der Waals surface area contributed by atoms with Crippen LogP contribution in [0, 0.1) is 12.7 Å². The summed E-state index contributed by atoms with van der Waals surface area (Å²) in [5.74, 6) is 0.564. The van der Waals surface area contributed by atoms with E-state index < -0.39 is 0 Å². The third-order valence-electron chi connectivity index (χ3n) is 5.12. The first-order valence-corrected chi connectivity index (χ1v) is 9.30. The highest BCUT2D eigenvalue weighted by Gasteiger charge is 2.30. The van der Waals surface area contributed by atoms with Crippen molar-refractivity contribution in [3.8, 4) is 0 Å². The molecule has 4 rings (SSSR count). The van der Waals surface area contributed by atoms with Crippen LogP contribution in [-0.4, -0.2) is 60.9 Å². The first-order valence-electron chi connectivity index (χ1n) is 9.30. The smallest absolute Gasteiger partial charge is 0.260 e. The van der Waals surface area contributed by atoms with Crippen molar-refractivity contribution < 1.29 is 9.18 Å². The second kappa shape index (κ2) is 7.39. The van der Waals surface area contributed by atoms with Gasteiger partial charge in [-0.1, -0.05) is 17.7 Å². The number of aliphatic imine (C=N–C) groups is 1. The van der Waals surface area contributed by atoms with Crippen LogP contribution in [0.3, 0.4) is 0 Å². The van der Waals surface area contributed by atoms with E-state index >= 15 is 0 Å². The number of halogens is 1. The summed E-state index contributed by atoms with van der Waals surface area (Å²) in [4.78, 5) is 23.7. The highest BCUT2D eigenvalue weighted by molar-refractivity contribution is 6.06. The van der Waals surface area contributed by atoms with Crippen molar-refractivity contribution in [2.45, 2.75) is 6.92 Å². The van der Waals surface area contributed by atoms with Crippen molar-refractivity contribution in [2.24, 2.45) is 4.99 Å². The topological polar surface area (TPSA) is 39.2 Å². The predicted molar refractivity (Wildman–Crippen MR) is 105 cm³/mol. The molecule has 0 aliphatic carbocycles. The fraction of sp³-hybridized carbons (Fsp3) is 0.333.